The zero-order valence-corrected chi connectivity index (χ0v) is 15.4. The zero-order valence-electron chi connectivity index (χ0n) is 14.6. The van der Waals surface area contributed by atoms with Crippen molar-refractivity contribution >= 4 is 33.4 Å². The number of rotatable bonds is 7. The van der Waals surface area contributed by atoms with E-state index in [9.17, 15) is 14.7 Å². The van der Waals surface area contributed by atoms with Crippen molar-refractivity contribution in [3.63, 3.8) is 0 Å². The van der Waals surface area contributed by atoms with E-state index in [2.05, 4.69) is 15.3 Å². The Morgan fingerprint density at radius 3 is 2.89 bits per heavy atom. The van der Waals surface area contributed by atoms with Crippen molar-refractivity contribution in [3.8, 4) is 5.75 Å². The Morgan fingerprint density at radius 1 is 1.41 bits per heavy atom. The van der Waals surface area contributed by atoms with E-state index in [4.69, 9.17) is 14.9 Å². The molecule has 0 unspecified atom stereocenters. The highest BCUT2D eigenvalue weighted by Gasteiger charge is 2.25. The van der Waals surface area contributed by atoms with E-state index in [-0.39, 0.29) is 18.2 Å². The molecule has 2 amide bonds. The third-order valence-electron chi connectivity index (χ3n) is 3.69. The summed E-state index contributed by atoms with van der Waals surface area (Å²) < 4.78 is 11.9. The molecule has 142 valence electrons. The van der Waals surface area contributed by atoms with Gasteiger partial charge in [-0.3, -0.25) is 9.59 Å². The number of carbonyl (C=O) groups is 2. The summed E-state index contributed by atoms with van der Waals surface area (Å²) in [6.07, 6.45) is 0.00612. The van der Waals surface area contributed by atoms with Gasteiger partial charge in [-0.1, -0.05) is 0 Å². The van der Waals surface area contributed by atoms with Gasteiger partial charge in [0.2, 0.25) is 11.8 Å². The van der Waals surface area contributed by atoms with Crippen LogP contribution in [0, 0.1) is 6.92 Å². The van der Waals surface area contributed by atoms with Gasteiger partial charge in [0.15, 0.2) is 12.3 Å². The van der Waals surface area contributed by atoms with Gasteiger partial charge in [-0.25, -0.2) is 9.97 Å². The lowest BCUT2D eigenvalue weighted by Crippen LogP contribution is -2.50. The first-order valence-corrected chi connectivity index (χ1v) is 8.88. The smallest absolute Gasteiger partial charge is 0.273 e. The number of nitrogens with zero attached hydrogens (tertiary/aromatic N) is 2. The van der Waals surface area contributed by atoms with Crippen LogP contribution in [0.5, 0.6) is 5.75 Å². The van der Waals surface area contributed by atoms with Crippen LogP contribution in [0.25, 0.3) is 10.2 Å². The second kappa shape index (κ2) is 7.72. The number of carbonyl (C=O) groups excluding carboxylic acids is 2. The van der Waals surface area contributed by atoms with Crippen molar-refractivity contribution < 1.29 is 23.8 Å². The van der Waals surface area contributed by atoms with Crippen LogP contribution < -0.4 is 15.8 Å². The van der Waals surface area contributed by atoms with Crippen LogP contribution in [0.3, 0.4) is 0 Å². The second-order valence-corrected chi connectivity index (χ2v) is 7.11. The van der Waals surface area contributed by atoms with E-state index >= 15 is 0 Å². The summed E-state index contributed by atoms with van der Waals surface area (Å²) in [5.41, 5.74) is 5.94. The summed E-state index contributed by atoms with van der Waals surface area (Å²) in [5.74, 6) is -0.755. The molecule has 0 aliphatic carbocycles. The minimum absolute atomic E-state index is 0.0115. The van der Waals surface area contributed by atoms with Crippen LogP contribution in [0.1, 0.15) is 28.3 Å². The third kappa shape index (κ3) is 4.41. The molecule has 2 heterocycles. The van der Waals surface area contributed by atoms with Crippen LogP contribution >= 0.6 is 11.3 Å². The number of hydrogen-bond donors (Lipinski definition) is 3. The fraction of sp³-hybridized carbons (Fsp3) is 0.294. The number of thiazole rings is 1. The number of fused-ring (bicyclic) bond motifs is 1. The van der Waals surface area contributed by atoms with E-state index in [1.54, 1.807) is 11.3 Å². The SMILES string of the molecule is Cc1nc2cc(OCc3nc(C(=O)N[C@H](C(N)=O)[C@@H](C)O)co3)ccc2s1. The fourth-order valence-corrected chi connectivity index (χ4v) is 3.19. The molecule has 0 aliphatic rings. The maximum atomic E-state index is 12.1. The Bertz CT molecular complexity index is 981. The van der Waals surface area contributed by atoms with Gasteiger partial charge in [-0.15, -0.1) is 11.3 Å². The van der Waals surface area contributed by atoms with Crippen LogP contribution in [0.2, 0.25) is 0 Å². The average Bonchev–Trinajstić information content (AvgIpc) is 3.22. The lowest BCUT2D eigenvalue weighted by molar-refractivity contribution is -0.122. The highest BCUT2D eigenvalue weighted by molar-refractivity contribution is 7.18. The van der Waals surface area contributed by atoms with Crippen LogP contribution in [-0.2, 0) is 11.4 Å². The topological polar surface area (TPSA) is 141 Å². The molecule has 0 bridgehead atoms. The Hall–Kier alpha value is -2.98. The number of primary amides is 1. The first-order chi connectivity index (χ1) is 12.8. The van der Waals surface area contributed by atoms with Gasteiger partial charge in [0, 0.05) is 6.07 Å². The van der Waals surface area contributed by atoms with Gasteiger partial charge in [0.1, 0.15) is 18.1 Å². The van der Waals surface area contributed by atoms with Crippen molar-refractivity contribution in [2.75, 3.05) is 0 Å². The number of oxazole rings is 1. The summed E-state index contributed by atoms with van der Waals surface area (Å²) in [6, 6.07) is 4.33. The van der Waals surface area contributed by atoms with Crippen molar-refractivity contribution in [1.29, 1.82) is 0 Å². The number of aromatic nitrogens is 2. The van der Waals surface area contributed by atoms with E-state index in [0.29, 0.717) is 5.75 Å². The first-order valence-electron chi connectivity index (χ1n) is 8.06. The largest absolute Gasteiger partial charge is 0.484 e. The van der Waals surface area contributed by atoms with Crippen LogP contribution in [0.4, 0.5) is 0 Å². The summed E-state index contributed by atoms with van der Waals surface area (Å²) in [6.45, 7) is 3.29. The zero-order chi connectivity index (χ0) is 19.6. The summed E-state index contributed by atoms with van der Waals surface area (Å²) in [4.78, 5) is 31.8. The maximum Gasteiger partial charge on any atom is 0.273 e. The van der Waals surface area contributed by atoms with Crippen LogP contribution in [0.15, 0.2) is 28.9 Å². The number of amides is 2. The van der Waals surface area contributed by atoms with Gasteiger partial charge < -0.3 is 25.3 Å². The molecule has 9 nitrogen and oxygen atoms in total. The highest BCUT2D eigenvalue weighted by atomic mass is 32.1. The molecule has 0 radical (unpaired) electrons. The predicted octanol–water partition coefficient (Wildman–Crippen LogP) is 1.14. The Balaban J connectivity index is 1.62. The first kappa shape index (κ1) is 18.8. The van der Waals surface area contributed by atoms with Crippen molar-refractivity contribution in [1.82, 2.24) is 15.3 Å². The van der Waals surface area contributed by atoms with Crippen LogP contribution in [-0.4, -0.2) is 39.0 Å². The molecule has 0 spiro atoms. The van der Waals surface area contributed by atoms with Gasteiger partial charge in [-0.05, 0) is 26.0 Å². The standard InChI is InChI=1S/C17H18N4O5S/c1-8(22)15(16(18)23)21-17(24)12-6-26-14(20-12)7-25-10-3-4-13-11(5-10)19-9(2)27-13/h3-6,8,15,22H,7H2,1-2H3,(H2,18,23)(H,21,24)/t8-,15+/m1/s1. The summed E-state index contributed by atoms with van der Waals surface area (Å²) >= 11 is 1.60. The molecule has 0 fully saturated rings. The number of aliphatic hydroxyl groups excluding tert-OH is 1. The summed E-state index contributed by atoms with van der Waals surface area (Å²) in [5, 5.41) is 12.8. The lowest BCUT2D eigenvalue weighted by atomic mass is 10.1. The van der Waals surface area contributed by atoms with Gasteiger partial charge in [0.25, 0.3) is 5.91 Å². The number of nitrogens with two attached hydrogens (primary N) is 1. The molecule has 3 aromatic rings. The molecule has 1 aromatic carbocycles. The van der Waals surface area contributed by atoms with E-state index in [1.165, 1.54) is 6.92 Å². The molecule has 27 heavy (non-hydrogen) atoms. The Kier molecular flexibility index (Phi) is 5.38. The quantitative estimate of drug-likeness (QED) is 0.549. The number of ether oxygens (including phenoxy) is 1. The number of benzene rings is 1. The average molecular weight is 390 g/mol. The van der Waals surface area contributed by atoms with Crippen molar-refractivity contribution in [2.24, 2.45) is 5.73 Å². The molecule has 2 atom stereocenters. The van der Waals surface area contributed by atoms with Crippen molar-refractivity contribution in [2.45, 2.75) is 32.6 Å². The number of hydrogen-bond acceptors (Lipinski definition) is 8. The lowest BCUT2D eigenvalue weighted by Gasteiger charge is -2.16. The minimum atomic E-state index is -1.22. The van der Waals surface area contributed by atoms with Gasteiger partial charge in [-0.2, -0.15) is 0 Å². The molecular weight excluding hydrogens is 372 g/mol. The molecule has 0 saturated heterocycles. The van der Waals surface area contributed by atoms with E-state index < -0.39 is 24.0 Å². The Labute approximate surface area is 158 Å². The monoisotopic (exact) mass is 390 g/mol. The minimum Gasteiger partial charge on any atom is -0.484 e. The molecule has 4 N–H and O–H groups in total. The maximum absolute atomic E-state index is 12.1. The second-order valence-electron chi connectivity index (χ2n) is 5.87. The fourth-order valence-electron chi connectivity index (χ4n) is 2.38. The van der Waals surface area contributed by atoms with Crippen molar-refractivity contribution in [3.05, 3.63) is 41.1 Å². The molecule has 2 aromatic heterocycles. The number of aryl methyl sites for hydroxylation is 1. The number of nitrogens with one attached hydrogen (secondary N) is 1. The van der Waals surface area contributed by atoms with Gasteiger partial charge in [0.05, 0.1) is 21.3 Å². The molecular formula is C17H18N4O5S. The molecule has 0 saturated carbocycles. The third-order valence-corrected chi connectivity index (χ3v) is 4.64. The predicted molar refractivity (Wildman–Crippen MR) is 97.3 cm³/mol. The molecule has 10 heteroatoms. The number of aliphatic hydroxyl groups is 1. The Morgan fingerprint density at radius 2 is 2.19 bits per heavy atom. The highest BCUT2D eigenvalue weighted by Crippen LogP contribution is 2.25. The van der Waals surface area contributed by atoms with E-state index in [1.807, 2.05) is 25.1 Å². The van der Waals surface area contributed by atoms with Gasteiger partial charge >= 0.3 is 0 Å². The van der Waals surface area contributed by atoms with E-state index in [0.717, 1.165) is 21.5 Å². The summed E-state index contributed by atoms with van der Waals surface area (Å²) in [7, 11) is 0. The molecule has 0 aliphatic heterocycles. The molecule has 3 rings (SSSR count). The normalized spacial score (nSPS) is 13.3.